The van der Waals surface area contributed by atoms with Gasteiger partial charge in [-0.2, -0.15) is 0 Å². The van der Waals surface area contributed by atoms with Gasteiger partial charge < -0.3 is 14.7 Å². The molecule has 2 aromatic rings. The number of carbonyl (C=O) groups is 2. The van der Waals surface area contributed by atoms with Crippen LogP contribution in [0, 0.1) is 17.2 Å². The summed E-state index contributed by atoms with van der Waals surface area (Å²) in [4.78, 5) is 32.0. The second-order valence-corrected chi connectivity index (χ2v) is 10.6. The van der Waals surface area contributed by atoms with E-state index in [1.54, 1.807) is 18.2 Å². The number of hydrogen-bond acceptors (Lipinski definition) is 6. The highest BCUT2D eigenvalue weighted by Crippen LogP contribution is 2.53. The van der Waals surface area contributed by atoms with E-state index in [2.05, 4.69) is 29.0 Å². The van der Waals surface area contributed by atoms with Crippen molar-refractivity contribution in [3.05, 3.63) is 35.8 Å². The number of benzene rings is 1. The lowest BCUT2D eigenvalue weighted by molar-refractivity contribution is -0.180. The highest BCUT2D eigenvalue weighted by molar-refractivity contribution is 6.06. The molecule has 35 heavy (non-hydrogen) atoms. The highest BCUT2D eigenvalue weighted by atomic mass is 19.1. The molecule has 4 heterocycles. The molecule has 0 saturated carbocycles. The van der Waals surface area contributed by atoms with Crippen molar-refractivity contribution in [1.29, 1.82) is 0 Å². The predicted octanol–water partition coefficient (Wildman–Crippen LogP) is 3.17. The number of ether oxygens (including phenoxy) is 1. The number of piperidine rings is 1. The number of rotatable bonds is 4. The average Bonchev–Trinajstić information content (AvgIpc) is 2.82. The number of amides is 3. The van der Waals surface area contributed by atoms with Crippen LogP contribution < -0.4 is 10.2 Å². The number of aliphatic hydroxyl groups is 1. The van der Waals surface area contributed by atoms with Gasteiger partial charge in [-0.3, -0.25) is 20.0 Å². The molecule has 1 unspecified atom stereocenters. The third kappa shape index (κ3) is 4.19. The van der Waals surface area contributed by atoms with Gasteiger partial charge in [-0.05, 0) is 37.3 Å². The number of urea groups is 1. The van der Waals surface area contributed by atoms with Gasteiger partial charge in [0.15, 0.2) is 0 Å². The Morgan fingerprint density at radius 3 is 2.69 bits per heavy atom. The summed E-state index contributed by atoms with van der Waals surface area (Å²) in [5.41, 5.74) is -0.699. The molecule has 0 bridgehead atoms. The topological polar surface area (TPSA) is 95.0 Å². The van der Waals surface area contributed by atoms with E-state index in [1.165, 1.54) is 11.1 Å². The van der Waals surface area contributed by atoms with Gasteiger partial charge in [-0.25, -0.2) is 9.18 Å². The van der Waals surface area contributed by atoms with Crippen molar-refractivity contribution >= 4 is 28.5 Å². The Morgan fingerprint density at radius 1 is 1.20 bits per heavy atom. The van der Waals surface area contributed by atoms with E-state index in [9.17, 15) is 14.7 Å². The second-order valence-electron chi connectivity index (χ2n) is 10.6. The zero-order valence-electron chi connectivity index (χ0n) is 20.3. The molecule has 1 aromatic carbocycles. The Kier molecular flexibility index (Phi) is 6.27. The molecule has 1 spiro atoms. The maximum absolute atomic E-state index is 16.2. The van der Waals surface area contributed by atoms with Gasteiger partial charge in [0.2, 0.25) is 5.91 Å². The third-order valence-electron chi connectivity index (χ3n) is 7.86. The number of fused-ring (bicyclic) bond motifs is 1. The quantitative estimate of drug-likeness (QED) is 0.692. The van der Waals surface area contributed by atoms with Gasteiger partial charge in [0, 0.05) is 62.2 Å². The molecular weight excluding hydrogens is 451 g/mol. The Bertz CT molecular complexity index is 1150. The standard InChI is InChI=1S/C26H33FN4O4/c1-17(2)15-30-10-6-26(34,25(16-30)7-11-35-12-8-25)20-3-4-21-19(23(20)27)13-18(14-28-21)31-9-5-22(32)29-24(31)33/h3-4,13-14,17,34H,5-12,15-16H2,1-2H3,(H,29,32,33). The van der Waals surface area contributed by atoms with Crippen LogP contribution in [0.15, 0.2) is 24.4 Å². The van der Waals surface area contributed by atoms with E-state index in [0.717, 1.165) is 6.54 Å². The first kappa shape index (κ1) is 24.1. The van der Waals surface area contributed by atoms with Gasteiger partial charge in [-0.15, -0.1) is 0 Å². The van der Waals surface area contributed by atoms with Gasteiger partial charge in [-0.1, -0.05) is 19.9 Å². The SMILES string of the molecule is CC(C)CN1CCC(O)(c2ccc3ncc(N4CCC(=O)NC4=O)cc3c2F)C2(CCOCC2)C1. The van der Waals surface area contributed by atoms with Gasteiger partial charge >= 0.3 is 6.03 Å². The lowest BCUT2D eigenvalue weighted by Gasteiger charge is -2.56. The van der Waals surface area contributed by atoms with E-state index >= 15 is 4.39 Å². The number of halogens is 1. The van der Waals surface area contributed by atoms with Gasteiger partial charge in [0.05, 0.1) is 17.4 Å². The largest absolute Gasteiger partial charge is 0.384 e. The fourth-order valence-corrected chi connectivity index (χ4v) is 6.08. The Labute approximate surface area is 204 Å². The lowest BCUT2D eigenvalue weighted by Crippen LogP contribution is -2.60. The zero-order chi connectivity index (χ0) is 24.8. The van der Waals surface area contributed by atoms with Gasteiger partial charge in [0.25, 0.3) is 0 Å². The van der Waals surface area contributed by atoms with Crippen molar-refractivity contribution in [2.24, 2.45) is 11.3 Å². The monoisotopic (exact) mass is 484 g/mol. The Hall–Kier alpha value is -2.62. The highest BCUT2D eigenvalue weighted by Gasteiger charge is 2.56. The van der Waals surface area contributed by atoms with E-state index in [1.807, 2.05) is 0 Å². The summed E-state index contributed by atoms with van der Waals surface area (Å²) in [6, 6.07) is 4.45. The average molecular weight is 485 g/mol. The number of nitrogens with zero attached hydrogens (tertiary/aromatic N) is 3. The summed E-state index contributed by atoms with van der Waals surface area (Å²) in [5.74, 6) is -0.334. The number of anilines is 1. The summed E-state index contributed by atoms with van der Waals surface area (Å²) in [5, 5.41) is 14.8. The lowest BCUT2D eigenvalue weighted by atomic mass is 9.60. The molecule has 3 amide bonds. The molecule has 1 aromatic heterocycles. The first-order valence-corrected chi connectivity index (χ1v) is 12.4. The first-order valence-electron chi connectivity index (χ1n) is 12.4. The number of nitrogens with one attached hydrogen (secondary N) is 1. The molecular formula is C26H33FN4O4. The van der Waals surface area contributed by atoms with Crippen LogP contribution in [-0.2, 0) is 15.1 Å². The summed E-state index contributed by atoms with van der Waals surface area (Å²) in [6.45, 7) is 7.98. The van der Waals surface area contributed by atoms with Crippen molar-refractivity contribution in [2.75, 3.05) is 44.3 Å². The number of pyridine rings is 1. The normalized spacial score (nSPS) is 25.5. The number of likely N-dealkylation sites (tertiary alicyclic amines) is 1. The number of imide groups is 1. The molecule has 3 aliphatic rings. The molecule has 0 aliphatic carbocycles. The number of carbonyl (C=O) groups excluding carboxylic acids is 2. The predicted molar refractivity (Wildman–Crippen MR) is 129 cm³/mol. The van der Waals surface area contributed by atoms with E-state index in [-0.39, 0.29) is 29.8 Å². The maximum atomic E-state index is 16.2. The fourth-order valence-electron chi connectivity index (χ4n) is 6.08. The van der Waals surface area contributed by atoms with E-state index in [0.29, 0.717) is 62.7 Å². The second kappa shape index (κ2) is 9.11. The van der Waals surface area contributed by atoms with Crippen molar-refractivity contribution < 1.29 is 23.8 Å². The van der Waals surface area contributed by atoms with Crippen LogP contribution in [-0.4, -0.2) is 66.3 Å². The molecule has 8 nitrogen and oxygen atoms in total. The van der Waals surface area contributed by atoms with Crippen LogP contribution in [0.1, 0.15) is 45.1 Å². The third-order valence-corrected chi connectivity index (χ3v) is 7.86. The number of aromatic nitrogens is 1. The molecule has 188 valence electrons. The van der Waals surface area contributed by atoms with Crippen molar-refractivity contribution in [2.45, 2.75) is 45.1 Å². The molecule has 5 rings (SSSR count). The van der Waals surface area contributed by atoms with Crippen LogP contribution >= 0.6 is 0 Å². The van der Waals surface area contributed by atoms with Crippen LogP contribution in [0.4, 0.5) is 14.9 Å². The van der Waals surface area contributed by atoms with Crippen LogP contribution in [0.3, 0.4) is 0 Å². The summed E-state index contributed by atoms with van der Waals surface area (Å²) < 4.78 is 21.9. The van der Waals surface area contributed by atoms with E-state index < -0.39 is 22.9 Å². The maximum Gasteiger partial charge on any atom is 0.328 e. The van der Waals surface area contributed by atoms with Crippen LogP contribution in [0.25, 0.3) is 10.9 Å². The Morgan fingerprint density at radius 2 is 1.97 bits per heavy atom. The minimum Gasteiger partial charge on any atom is -0.384 e. The molecule has 1 atom stereocenters. The molecule has 9 heteroatoms. The fraction of sp³-hybridized carbons (Fsp3) is 0.577. The van der Waals surface area contributed by atoms with E-state index in [4.69, 9.17) is 4.74 Å². The summed E-state index contributed by atoms with van der Waals surface area (Å²) >= 11 is 0. The summed E-state index contributed by atoms with van der Waals surface area (Å²) in [7, 11) is 0. The number of hydrogen-bond donors (Lipinski definition) is 2. The first-order chi connectivity index (χ1) is 16.7. The molecule has 3 fully saturated rings. The molecule has 2 N–H and O–H groups in total. The van der Waals surface area contributed by atoms with Gasteiger partial charge in [0.1, 0.15) is 11.4 Å². The minimum atomic E-state index is -1.34. The molecule has 3 saturated heterocycles. The summed E-state index contributed by atoms with van der Waals surface area (Å²) in [6.07, 6.45) is 3.44. The zero-order valence-corrected chi connectivity index (χ0v) is 20.3. The molecule has 0 radical (unpaired) electrons. The molecule has 3 aliphatic heterocycles. The van der Waals surface area contributed by atoms with Crippen molar-refractivity contribution in [3.63, 3.8) is 0 Å². The smallest absolute Gasteiger partial charge is 0.328 e. The van der Waals surface area contributed by atoms with Crippen molar-refractivity contribution in [1.82, 2.24) is 15.2 Å². The minimum absolute atomic E-state index is 0.170. The van der Waals surface area contributed by atoms with Crippen molar-refractivity contribution in [3.8, 4) is 0 Å². The Balaban J connectivity index is 1.55. The van der Waals surface area contributed by atoms with Crippen LogP contribution in [0.2, 0.25) is 0 Å². The van der Waals surface area contributed by atoms with Crippen LogP contribution in [0.5, 0.6) is 0 Å².